The number of carbonyl (C=O) groups excluding carboxylic acids is 1. The van der Waals surface area contributed by atoms with Crippen molar-refractivity contribution in [3.8, 4) is 0 Å². The molecule has 2 rings (SSSR count). The van der Waals surface area contributed by atoms with E-state index in [4.69, 9.17) is 4.74 Å². The summed E-state index contributed by atoms with van der Waals surface area (Å²) in [5.74, 6) is 0. The maximum atomic E-state index is 10.6. The summed E-state index contributed by atoms with van der Waals surface area (Å²) in [5, 5.41) is 1.14. The Morgan fingerprint density at radius 1 is 1.22 bits per heavy atom. The van der Waals surface area contributed by atoms with Crippen LogP contribution in [0.2, 0.25) is 0 Å². The predicted octanol–water partition coefficient (Wildman–Crippen LogP) is 3.42. The minimum Gasteiger partial charge on any atom is -0.379 e. The van der Waals surface area contributed by atoms with E-state index >= 15 is 0 Å². The van der Waals surface area contributed by atoms with Crippen molar-refractivity contribution in [3.05, 3.63) is 36.0 Å². The Hall–Kier alpha value is -1.61. The Bertz CT molecular complexity index is 521. The van der Waals surface area contributed by atoms with Gasteiger partial charge in [0.1, 0.15) is 0 Å². The number of aryl methyl sites for hydroxylation is 1. The third kappa shape index (κ3) is 3.70. The van der Waals surface area contributed by atoms with Crippen LogP contribution in [0.1, 0.15) is 26.3 Å². The van der Waals surface area contributed by atoms with Gasteiger partial charge in [-0.25, -0.2) is 0 Å². The molecule has 18 heavy (non-hydrogen) atoms. The number of methoxy groups -OCH3 is 1. The normalized spacial score (nSPS) is 10.9. The van der Waals surface area contributed by atoms with Gasteiger partial charge < -0.3 is 4.74 Å². The summed E-state index contributed by atoms with van der Waals surface area (Å²) >= 11 is 0. The van der Waals surface area contributed by atoms with Gasteiger partial charge in [-0.2, -0.15) is 0 Å². The Morgan fingerprint density at radius 3 is 2.33 bits per heavy atom. The molecule has 0 saturated carbocycles. The molecule has 2 aromatic rings. The lowest BCUT2D eigenvalue weighted by molar-refractivity contribution is 0.0397. The highest BCUT2D eigenvalue weighted by atomic mass is 16.5. The number of benzene rings is 1. The maximum Gasteiger partial charge on any atom is 0.218 e. The smallest absolute Gasteiger partial charge is 0.218 e. The van der Waals surface area contributed by atoms with E-state index in [1.54, 1.807) is 17.9 Å². The molecule has 0 atom stereocenters. The highest BCUT2D eigenvalue weighted by Crippen LogP contribution is 2.17. The standard InChI is InChI=1S/C10H9NO.C5H12O/c1-8-3-2-4-10-9(8)5-6-11(10)7-12;1-5(2,3)6-4/h2-7H,1H3;1-4H3. The zero-order chi connectivity index (χ0) is 13.8. The van der Waals surface area contributed by atoms with Crippen molar-refractivity contribution in [1.29, 1.82) is 0 Å². The largest absolute Gasteiger partial charge is 0.379 e. The van der Waals surface area contributed by atoms with Crippen molar-refractivity contribution in [2.24, 2.45) is 0 Å². The van der Waals surface area contributed by atoms with Gasteiger partial charge in [0.25, 0.3) is 0 Å². The molecule has 3 heteroatoms. The Balaban J connectivity index is 0.000000232. The first-order chi connectivity index (χ1) is 8.39. The first kappa shape index (κ1) is 14.5. The molecule has 1 heterocycles. The zero-order valence-electron chi connectivity index (χ0n) is 11.7. The van der Waals surface area contributed by atoms with Gasteiger partial charge in [0.05, 0.1) is 11.1 Å². The minimum atomic E-state index is 0.0417. The molecular formula is C15H21NO2. The van der Waals surface area contributed by atoms with Crippen molar-refractivity contribution >= 4 is 17.3 Å². The Kier molecular flexibility index (Phi) is 4.68. The second-order valence-corrected chi connectivity index (χ2v) is 5.15. The van der Waals surface area contributed by atoms with E-state index < -0.39 is 0 Å². The average Bonchev–Trinajstić information content (AvgIpc) is 2.73. The molecule has 0 aliphatic heterocycles. The molecule has 0 unspecified atom stereocenters. The molecule has 0 aliphatic carbocycles. The molecule has 0 amide bonds. The van der Waals surface area contributed by atoms with Crippen LogP contribution in [0, 0.1) is 6.92 Å². The maximum absolute atomic E-state index is 10.6. The summed E-state index contributed by atoms with van der Waals surface area (Å²) in [6.07, 6.45) is 2.60. The van der Waals surface area contributed by atoms with Crippen LogP contribution in [0.4, 0.5) is 0 Å². The van der Waals surface area contributed by atoms with Gasteiger partial charge >= 0.3 is 0 Å². The number of hydrogen-bond donors (Lipinski definition) is 0. The molecule has 3 nitrogen and oxygen atoms in total. The van der Waals surface area contributed by atoms with Crippen LogP contribution in [-0.4, -0.2) is 23.7 Å². The number of carbonyl (C=O) groups is 1. The highest BCUT2D eigenvalue weighted by Gasteiger charge is 2.04. The van der Waals surface area contributed by atoms with Crippen LogP contribution in [0.3, 0.4) is 0 Å². The van der Waals surface area contributed by atoms with Crippen molar-refractivity contribution in [2.75, 3.05) is 7.11 Å². The van der Waals surface area contributed by atoms with Crippen LogP contribution in [0.5, 0.6) is 0 Å². The lowest BCUT2D eigenvalue weighted by atomic mass is 10.1. The van der Waals surface area contributed by atoms with Gasteiger partial charge in [0.2, 0.25) is 6.41 Å². The van der Waals surface area contributed by atoms with Crippen LogP contribution >= 0.6 is 0 Å². The van der Waals surface area contributed by atoms with Crippen molar-refractivity contribution in [1.82, 2.24) is 4.57 Å². The van der Waals surface area contributed by atoms with Crippen molar-refractivity contribution in [3.63, 3.8) is 0 Å². The first-order valence-electron chi connectivity index (χ1n) is 5.95. The molecule has 0 bridgehead atoms. The van der Waals surface area contributed by atoms with Crippen molar-refractivity contribution < 1.29 is 9.53 Å². The molecule has 0 fully saturated rings. The fourth-order valence-corrected chi connectivity index (χ4v) is 1.43. The molecule has 98 valence electrons. The fraction of sp³-hybridized carbons (Fsp3) is 0.400. The summed E-state index contributed by atoms with van der Waals surface area (Å²) < 4.78 is 6.52. The number of rotatable bonds is 1. The molecule has 1 aromatic carbocycles. The van der Waals surface area contributed by atoms with E-state index in [2.05, 4.69) is 0 Å². The fourth-order valence-electron chi connectivity index (χ4n) is 1.43. The monoisotopic (exact) mass is 247 g/mol. The van der Waals surface area contributed by atoms with Crippen LogP contribution < -0.4 is 0 Å². The van der Waals surface area contributed by atoms with E-state index in [0.717, 1.165) is 17.3 Å². The zero-order valence-corrected chi connectivity index (χ0v) is 11.7. The SMILES string of the molecule is COC(C)(C)C.Cc1cccc2c1ccn2C=O. The summed E-state index contributed by atoms with van der Waals surface area (Å²) in [5.41, 5.74) is 2.22. The van der Waals surface area contributed by atoms with Crippen molar-refractivity contribution in [2.45, 2.75) is 33.3 Å². The van der Waals surface area contributed by atoms with Gasteiger partial charge in [0, 0.05) is 18.7 Å². The molecule has 1 aromatic heterocycles. The molecular weight excluding hydrogens is 226 g/mol. The van der Waals surface area contributed by atoms with Gasteiger partial charge in [-0.1, -0.05) is 12.1 Å². The van der Waals surface area contributed by atoms with Gasteiger partial charge in [0.15, 0.2) is 0 Å². The van der Waals surface area contributed by atoms with E-state index in [1.165, 1.54) is 5.56 Å². The topological polar surface area (TPSA) is 31.2 Å². The van der Waals surface area contributed by atoms with Crippen LogP contribution in [0.25, 0.3) is 10.9 Å². The second-order valence-electron chi connectivity index (χ2n) is 5.15. The third-order valence-corrected chi connectivity index (χ3v) is 2.71. The number of ether oxygens (including phenoxy) is 1. The average molecular weight is 247 g/mol. The second kappa shape index (κ2) is 5.83. The number of hydrogen-bond acceptors (Lipinski definition) is 2. The predicted molar refractivity (Wildman–Crippen MR) is 75.6 cm³/mol. The van der Waals surface area contributed by atoms with Gasteiger partial charge in [-0.05, 0) is 45.4 Å². The minimum absolute atomic E-state index is 0.0417. The quantitative estimate of drug-likeness (QED) is 0.723. The molecule has 0 radical (unpaired) electrons. The lowest BCUT2D eigenvalue weighted by Crippen LogP contribution is -2.15. The first-order valence-corrected chi connectivity index (χ1v) is 5.95. The van der Waals surface area contributed by atoms with E-state index in [-0.39, 0.29) is 5.60 Å². The van der Waals surface area contributed by atoms with Gasteiger partial charge in [-0.15, -0.1) is 0 Å². The Morgan fingerprint density at radius 2 is 1.83 bits per heavy atom. The summed E-state index contributed by atoms with van der Waals surface area (Å²) in [4.78, 5) is 10.6. The van der Waals surface area contributed by atoms with E-state index in [1.807, 2.05) is 52.0 Å². The number of aromatic nitrogens is 1. The lowest BCUT2D eigenvalue weighted by Gasteiger charge is -2.14. The third-order valence-electron chi connectivity index (χ3n) is 2.71. The van der Waals surface area contributed by atoms with Crippen LogP contribution in [-0.2, 0) is 9.53 Å². The van der Waals surface area contributed by atoms with E-state index in [0.29, 0.717) is 0 Å². The molecule has 0 saturated heterocycles. The highest BCUT2D eigenvalue weighted by molar-refractivity contribution is 5.87. The Labute approximate surface area is 108 Å². The van der Waals surface area contributed by atoms with Crippen LogP contribution in [0.15, 0.2) is 30.5 Å². The molecule has 0 aliphatic rings. The number of nitrogens with zero attached hydrogens (tertiary/aromatic N) is 1. The molecule has 0 spiro atoms. The summed E-state index contributed by atoms with van der Waals surface area (Å²) in [7, 11) is 1.71. The van der Waals surface area contributed by atoms with Gasteiger partial charge in [-0.3, -0.25) is 9.36 Å². The summed E-state index contributed by atoms with van der Waals surface area (Å²) in [6, 6.07) is 7.89. The summed E-state index contributed by atoms with van der Waals surface area (Å²) in [6.45, 7) is 8.10. The van der Waals surface area contributed by atoms with E-state index in [9.17, 15) is 4.79 Å². The number of fused-ring (bicyclic) bond motifs is 1. The molecule has 0 N–H and O–H groups in total.